The van der Waals surface area contributed by atoms with Crippen molar-refractivity contribution in [1.82, 2.24) is 0 Å². The summed E-state index contributed by atoms with van der Waals surface area (Å²) in [6.45, 7) is 4.17. The molecule has 1 aliphatic carbocycles. The zero-order valence-corrected chi connectivity index (χ0v) is 10.1. The molecule has 0 radical (unpaired) electrons. The third-order valence-electron chi connectivity index (χ3n) is 3.22. The molecule has 0 aromatic carbocycles. The van der Waals surface area contributed by atoms with Crippen molar-refractivity contribution in [1.29, 1.82) is 0 Å². The number of esters is 1. The van der Waals surface area contributed by atoms with E-state index in [1.807, 2.05) is 6.92 Å². The zero-order valence-electron chi connectivity index (χ0n) is 10.1. The van der Waals surface area contributed by atoms with Gasteiger partial charge in [0.15, 0.2) is 0 Å². The Hall–Kier alpha value is -0.530. The summed E-state index contributed by atoms with van der Waals surface area (Å²) in [7, 11) is 0. The van der Waals surface area contributed by atoms with E-state index in [1.54, 1.807) is 0 Å². The highest BCUT2D eigenvalue weighted by atomic mass is 16.5. The van der Waals surface area contributed by atoms with Crippen molar-refractivity contribution in [3.63, 3.8) is 0 Å². The topological polar surface area (TPSA) is 26.3 Å². The summed E-state index contributed by atoms with van der Waals surface area (Å²) in [5.74, 6) is 0.251. The fourth-order valence-electron chi connectivity index (χ4n) is 2.18. The predicted octanol–water partition coefficient (Wildman–Crippen LogP) is 3.69. The molecule has 1 fully saturated rings. The lowest BCUT2D eigenvalue weighted by Gasteiger charge is -2.22. The van der Waals surface area contributed by atoms with Crippen LogP contribution in [-0.2, 0) is 9.53 Å². The lowest BCUT2D eigenvalue weighted by molar-refractivity contribution is -0.154. The highest BCUT2D eigenvalue weighted by Gasteiger charge is 2.23. The summed E-state index contributed by atoms with van der Waals surface area (Å²) in [6, 6.07) is 0. The first-order chi connectivity index (χ1) is 7.24. The normalized spacial score (nSPS) is 19.9. The van der Waals surface area contributed by atoms with Gasteiger partial charge in [-0.1, -0.05) is 39.0 Å². The monoisotopic (exact) mass is 212 g/mol. The van der Waals surface area contributed by atoms with Crippen LogP contribution in [0.5, 0.6) is 0 Å². The third-order valence-corrected chi connectivity index (χ3v) is 3.22. The van der Waals surface area contributed by atoms with E-state index in [1.165, 1.54) is 25.7 Å². The fourth-order valence-corrected chi connectivity index (χ4v) is 2.18. The van der Waals surface area contributed by atoms with E-state index in [0.29, 0.717) is 0 Å². The van der Waals surface area contributed by atoms with Crippen LogP contribution in [0.2, 0.25) is 0 Å². The van der Waals surface area contributed by atoms with Crippen molar-refractivity contribution >= 4 is 5.97 Å². The van der Waals surface area contributed by atoms with Gasteiger partial charge in [0, 0.05) is 0 Å². The van der Waals surface area contributed by atoms with Gasteiger partial charge in [0.2, 0.25) is 0 Å². The Labute approximate surface area is 93.4 Å². The minimum atomic E-state index is 0.0540. The Balaban J connectivity index is 2.21. The van der Waals surface area contributed by atoms with Crippen LogP contribution in [0.15, 0.2) is 0 Å². The van der Waals surface area contributed by atoms with Crippen molar-refractivity contribution in [3.8, 4) is 0 Å². The largest absolute Gasteiger partial charge is 0.462 e. The summed E-state index contributed by atoms with van der Waals surface area (Å²) in [6.07, 6.45) is 9.21. The van der Waals surface area contributed by atoms with E-state index in [9.17, 15) is 4.79 Å². The van der Waals surface area contributed by atoms with E-state index < -0.39 is 0 Å². The molecule has 0 aliphatic heterocycles. The Morgan fingerprint density at radius 3 is 2.60 bits per heavy atom. The van der Waals surface area contributed by atoms with Gasteiger partial charge in [-0.05, 0) is 26.2 Å². The van der Waals surface area contributed by atoms with Crippen molar-refractivity contribution < 1.29 is 9.53 Å². The molecule has 1 saturated carbocycles. The lowest BCUT2D eigenvalue weighted by Crippen LogP contribution is -2.24. The molecule has 0 spiro atoms. The van der Waals surface area contributed by atoms with E-state index in [4.69, 9.17) is 4.74 Å². The smallest absolute Gasteiger partial charge is 0.309 e. The van der Waals surface area contributed by atoms with Gasteiger partial charge in [-0.3, -0.25) is 4.79 Å². The van der Waals surface area contributed by atoms with Crippen LogP contribution in [0.1, 0.15) is 65.2 Å². The molecule has 1 unspecified atom stereocenters. The van der Waals surface area contributed by atoms with Crippen LogP contribution in [0.25, 0.3) is 0 Å². The Bertz CT molecular complexity index is 183. The van der Waals surface area contributed by atoms with Crippen molar-refractivity contribution in [3.05, 3.63) is 0 Å². The molecule has 15 heavy (non-hydrogen) atoms. The first kappa shape index (κ1) is 12.5. The molecule has 0 saturated heterocycles. The summed E-state index contributed by atoms with van der Waals surface area (Å²) >= 11 is 0. The second-order valence-corrected chi connectivity index (χ2v) is 4.72. The maximum Gasteiger partial charge on any atom is 0.309 e. The second-order valence-electron chi connectivity index (χ2n) is 4.72. The lowest BCUT2D eigenvalue weighted by atomic mass is 9.89. The Morgan fingerprint density at radius 1 is 1.33 bits per heavy atom. The van der Waals surface area contributed by atoms with Gasteiger partial charge in [-0.15, -0.1) is 0 Å². The minimum absolute atomic E-state index is 0.0540. The predicted molar refractivity (Wildman–Crippen MR) is 61.7 cm³/mol. The molecule has 1 rings (SSSR count). The van der Waals surface area contributed by atoms with Crippen molar-refractivity contribution in [2.75, 3.05) is 0 Å². The van der Waals surface area contributed by atoms with Gasteiger partial charge in [-0.2, -0.15) is 0 Å². The highest BCUT2D eigenvalue weighted by Crippen LogP contribution is 2.25. The molecule has 88 valence electrons. The minimum Gasteiger partial charge on any atom is -0.462 e. The number of carbonyl (C=O) groups is 1. The first-order valence-electron chi connectivity index (χ1n) is 6.44. The standard InChI is InChI=1S/C13H24O2/c1-3-4-8-11(2)15-13(14)12-9-6-5-7-10-12/h11-12H,3-10H2,1-2H3. The Morgan fingerprint density at radius 2 is 2.00 bits per heavy atom. The molecule has 0 heterocycles. The SMILES string of the molecule is CCCCC(C)OC(=O)C1CCCCC1. The first-order valence-corrected chi connectivity index (χ1v) is 6.44. The molecule has 2 nitrogen and oxygen atoms in total. The average Bonchev–Trinajstić information content (AvgIpc) is 2.27. The summed E-state index contributed by atoms with van der Waals surface area (Å²) in [5, 5.41) is 0. The number of unbranched alkanes of at least 4 members (excludes halogenated alkanes) is 1. The van der Waals surface area contributed by atoms with Crippen molar-refractivity contribution in [2.45, 2.75) is 71.3 Å². The van der Waals surface area contributed by atoms with Crippen LogP contribution in [-0.4, -0.2) is 12.1 Å². The molecule has 0 N–H and O–H groups in total. The van der Waals surface area contributed by atoms with Gasteiger partial charge in [0.05, 0.1) is 12.0 Å². The molecule has 1 aliphatic rings. The highest BCUT2D eigenvalue weighted by molar-refractivity contribution is 5.72. The van der Waals surface area contributed by atoms with Crippen LogP contribution in [0.4, 0.5) is 0 Å². The van der Waals surface area contributed by atoms with Crippen LogP contribution < -0.4 is 0 Å². The summed E-state index contributed by atoms with van der Waals surface area (Å²) in [5.41, 5.74) is 0. The average molecular weight is 212 g/mol. The molecular formula is C13H24O2. The molecular weight excluding hydrogens is 188 g/mol. The zero-order chi connectivity index (χ0) is 11.1. The molecule has 0 aromatic heterocycles. The number of carbonyl (C=O) groups excluding carboxylic acids is 1. The molecule has 2 heteroatoms. The van der Waals surface area contributed by atoms with E-state index >= 15 is 0 Å². The molecule has 0 bridgehead atoms. The number of ether oxygens (including phenoxy) is 1. The fraction of sp³-hybridized carbons (Fsp3) is 0.923. The maximum atomic E-state index is 11.7. The number of rotatable bonds is 5. The van der Waals surface area contributed by atoms with Gasteiger partial charge in [0.1, 0.15) is 0 Å². The third kappa shape index (κ3) is 4.67. The molecule has 0 aromatic rings. The van der Waals surface area contributed by atoms with Crippen LogP contribution >= 0.6 is 0 Å². The van der Waals surface area contributed by atoms with E-state index in [-0.39, 0.29) is 18.0 Å². The van der Waals surface area contributed by atoms with E-state index in [0.717, 1.165) is 25.7 Å². The van der Waals surface area contributed by atoms with Gasteiger partial charge in [0.25, 0.3) is 0 Å². The summed E-state index contributed by atoms with van der Waals surface area (Å²) < 4.78 is 5.45. The van der Waals surface area contributed by atoms with Crippen LogP contribution in [0, 0.1) is 5.92 Å². The van der Waals surface area contributed by atoms with Gasteiger partial charge >= 0.3 is 5.97 Å². The van der Waals surface area contributed by atoms with Crippen LogP contribution in [0.3, 0.4) is 0 Å². The van der Waals surface area contributed by atoms with Crippen molar-refractivity contribution in [2.24, 2.45) is 5.92 Å². The second kappa shape index (κ2) is 6.86. The molecule has 0 amide bonds. The summed E-state index contributed by atoms with van der Waals surface area (Å²) in [4.78, 5) is 11.7. The number of hydrogen-bond donors (Lipinski definition) is 0. The van der Waals surface area contributed by atoms with Gasteiger partial charge < -0.3 is 4.74 Å². The van der Waals surface area contributed by atoms with E-state index in [2.05, 4.69) is 6.92 Å². The number of hydrogen-bond acceptors (Lipinski definition) is 2. The Kier molecular flexibility index (Phi) is 5.74. The molecule has 1 atom stereocenters. The van der Waals surface area contributed by atoms with Gasteiger partial charge in [-0.25, -0.2) is 0 Å². The maximum absolute atomic E-state index is 11.7. The quantitative estimate of drug-likeness (QED) is 0.650.